The molecule has 1 aromatic carbocycles. The molecule has 8 nitrogen and oxygen atoms in total. The lowest BCUT2D eigenvalue weighted by Crippen LogP contribution is -2.18. The Morgan fingerprint density at radius 3 is 2.50 bits per heavy atom. The van der Waals surface area contributed by atoms with Crippen molar-refractivity contribution in [3.05, 3.63) is 66.4 Å². The van der Waals surface area contributed by atoms with Crippen molar-refractivity contribution >= 4 is 28.7 Å². The Labute approximate surface area is 210 Å². The van der Waals surface area contributed by atoms with Gasteiger partial charge in [-0.3, -0.25) is 9.20 Å². The number of aromatic nitrogens is 4. The number of nitrogens with two attached hydrogens (primary N) is 1. The molecule has 0 spiro atoms. The molecule has 1 aliphatic heterocycles. The van der Waals surface area contributed by atoms with Gasteiger partial charge in [-0.15, -0.1) is 0 Å². The minimum absolute atomic E-state index is 0.189. The molecule has 2 fully saturated rings. The maximum absolute atomic E-state index is 13.0. The number of rotatable bonds is 5. The van der Waals surface area contributed by atoms with E-state index >= 15 is 0 Å². The Bertz CT molecular complexity index is 1380. The molecule has 6 rings (SSSR count). The number of fused-ring (bicyclic) bond motifs is 1. The molecule has 0 bridgehead atoms. The van der Waals surface area contributed by atoms with Gasteiger partial charge in [-0.25, -0.2) is 15.0 Å². The molecule has 2 aliphatic rings. The zero-order chi connectivity index (χ0) is 24.5. The van der Waals surface area contributed by atoms with Crippen LogP contribution in [0.3, 0.4) is 0 Å². The number of hydrogen-bond acceptors (Lipinski definition) is 6. The van der Waals surface area contributed by atoms with Gasteiger partial charge in [0.05, 0.1) is 0 Å². The molecule has 1 saturated heterocycles. The number of hydrogen-bond donors (Lipinski definition) is 2. The summed E-state index contributed by atoms with van der Waals surface area (Å²) in [7, 11) is 0. The Morgan fingerprint density at radius 1 is 0.944 bits per heavy atom. The number of pyridine rings is 1. The normalized spacial score (nSPS) is 16.5. The van der Waals surface area contributed by atoms with Crippen LogP contribution in [0.2, 0.25) is 0 Å². The van der Waals surface area contributed by atoms with Crippen molar-refractivity contribution in [2.24, 2.45) is 0 Å². The van der Waals surface area contributed by atoms with E-state index in [1.807, 2.05) is 42.6 Å². The number of nitrogen functional groups attached to an aromatic ring is 1. The summed E-state index contributed by atoms with van der Waals surface area (Å²) in [4.78, 5) is 29.0. The fraction of sp³-hybridized carbons (Fsp3) is 0.357. The van der Waals surface area contributed by atoms with Crippen molar-refractivity contribution in [1.29, 1.82) is 0 Å². The number of nitrogens with one attached hydrogen (secondary N) is 1. The van der Waals surface area contributed by atoms with Crippen molar-refractivity contribution in [3.8, 4) is 11.3 Å². The topological polar surface area (TPSA) is 101 Å². The van der Waals surface area contributed by atoms with E-state index in [-0.39, 0.29) is 5.91 Å². The largest absolute Gasteiger partial charge is 0.382 e. The SMILES string of the molecule is Nc1nccn2c(C3CCCCC3)nc(-c3ccc(C(=O)Nc4cc(N5CCCC5)ccn4)cc3)c12. The second kappa shape index (κ2) is 9.60. The van der Waals surface area contributed by atoms with E-state index in [0.29, 0.717) is 23.1 Å². The van der Waals surface area contributed by atoms with Crippen molar-refractivity contribution in [3.63, 3.8) is 0 Å². The summed E-state index contributed by atoms with van der Waals surface area (Å²) < 4.78 is 2.10. The Balaban J connectivity index is 1.26. The van der Waals surface area contributed by atoms with E-state index in [1.54, 1.807) is 12.4 Å². The minimum atomic E-state index is -0.189. The third-order valence-corrected chi connectivity index (χ3v) is 7.46. The monoisotopic (exact) mass is 481 g/mol. The number of anilines is 3. The molecule has 1 saturated carbocycles. The fourth-order valence-electron chi connectivity index (χ4n) is 5.56. The second-order valence-electron chi connectivity index (χ2n) is 9.81. The Kier molecular flexibility index (Phi) is 6.01. The lowest BCUT2D eigenvalue weighted by atomic mass is 9.89. The Morgan fingerprint density at radius 2 is 1.72 bits per heavy atom. The van der Waals surface area contributed by atoms with Crippen LogP contribution in [0.15, 0.2) is 55.0 Å². The molecule has 8 heteroatoms. The first-order chi connectivity index (χ1) is 17.7. The predicted molar refractivity (Wildman–Crippen MR) is 142 cm³/mol. The molecule has 4 heterocycles. The number of nitrogens with zero attached hydrogens (tertiary/aromatic N) is 5. The van der Waals surface area contributed by atoms with E-state index in [1.165, 1.54) is 32.1 Å². The van der Waals surface area contributed by atoms with Gasteiger partial charge in [0.2, 0.25) is 0 Å². The fourth-order valence-corrected chi connectivity index (χ4v) is 5.56. The van der Waals surface area contributed by atoms with E-state index in [2.05, 4.69) is 24.6 Å². The van der Waals surface area contributed by atoms with Crippen LogP contribution in [-0.2, 0) is 0 Å². The smallest absolute Gasteiger partial charge is 0.256 e. The summed E-state index contributed by atoms with van der Waals surface area (Å²) in [6, 6.07) is 11.5. The van der Waals surface area contributed by atoms with Crippen LogP contribution in [0.5, 0.6) is 0 Å². The Hall–Kier alpha value is -3.94. The zero-order valence-corrected chi connectivity index (χ0v) is 20.4. The van der Waals surface area contributed by atoms with Gasteiger partial charge >= 0.3 is 0 Å². The van der Waals surface area contributed by atoms with Crippen LogP contribution < -0.4 is 16.0 Å². The number of amides is 1. The third-order valence-electron chi connectivity index (χ3n) is 7.46. The highest BCUT2D eigenvalue weighted by Gasteiger charge is 2.24. The van der Waals surface area contributed by atoms with Crippen molar-refractivity contribution in [2.75, 3.05) is 29.0 Å². The van der Waals surface area contributed by atoms with Gasteiger partial charge in [0.1, 0.15) is 28.7 Å². The van der Waals surface area contributed by atoms with Gasteiger partial charge in [-0.05, 0) is 43.9 Å². The van der Waals surface area contributed by atoms with E-state index in [0.717, 1.165) is 54.2 Å². The number of carbonyl (C=O) groups is 1. The van der Waals surface area contributed by atoms with Gasteiger partial charge in [0.15, 0.2) is 0 Å². The van der Waals surface area contributed by atoms with Crippen molar-refractivity contribution in [2.45, 2.75) is 50.9 Å². The third kappa shape index (κ3) is 4.27. The highest BCUT2D eigenvalue weighted by Crippen LogP contribution is 2.36. The lowest BCUT2D eigenvalue weighted by molar-refractivity contribution is 0.102. The predicted octanol–water partition coefficient (Wildman–Crippen LogP) is 5.27. The molecular weight excluding hydrogens is 450 g/mol. The van der Waals surface area contributed by atoms with Crippen molar-refractivity contribution < 1.29 is 4.79 Å². The van der Waals surface area contributed by atoms with Gasteiger partial charge in [0.25, 0.3) is 5.91 Å². The van der Waals surface area contributed by atoms with Gasteiger partial charge in [0, 0.05) is 60.5 Å². The standard InChI is InChI=1S/C28H31N7O/c29-26-25-24(33-27(35(25)17-14-31-26)20-6-2-1-3-7-20)19-8-10-21(11-9-19)28(36)32-23-18-22(12-13-30-23)34-15-4-5-16-34/h8-14,17-18,20H,1-7,15-16H2,(H2,29,31)(H,30,32,36). The minimum Gasteiger partial charge on any atom is -0.382 e. The highest BCUT2D eigenvalue weighted by atomic mass is 16.1. The molecule has 36 heavy (non-hydrogen) atoms. The van der Waals surface area contributed by atoms with Crippen LogP contribution in [-0.4, -0.2) is 38.3 Å². The summed E-state index contributed by atoms with van der Waals surface area (Å²) in [5.41, 5.74) is 10.5. The average Bonchev–Trinajstić information content (AvgIpc) is 3.59. The summed E-state index contributed by atoms with van der Waals surface area (Å²) in [6.45, 7) is 2.09. The summed E-state index contributed by atoms with van der Waals surface area (Å²) >= 11 is 0. The maximum atomic E-state index is 13.0. The number of carbonyl (C=O) groups excluding carboxylic acids is 1. The first kappa shape index (κ1) is 22.5. The molecular formula is C28H31N7O. The van der Waals surface area contributed by atoms with Crippen LogP contribution in [0.1, 0.15) is 67.0 Å². The second-order valence-corrected chi connectivity index (χ2v) is 9.81. The average molecular weight is 482 g/mol. The highest BCUT2D eigenvalue weighted by molar-refractivity contribution is 6.04. The molecule has 0 unspecified atom stereocenters. The van der Waals surface area contributed by atoms with E-state index < -0.39 is 0 Å². The van der Waals surface area contributed by atoms with E-state index in [4.69, 9.17) is 10.7 Å². The van der Waals surface area contributed by atoms with Gasteiger partial charge in [-0.1, -0.05) is 31.4 Å². The molecule has 0 atom stereocenters. The molecule has 1 aliphatic carbocycles. The molecule has 4 aromatic rings. The van der Waals surface area contributed by atoms with Crippen LogP contribution in [0.25, 0.3) is 16.8 Å². The lowest BCUT2D eigenvalue weighted by Gasteiger charge is -2.20. The number of imidazole rings is 1. The van der Waals surface area contributed by atoms with Gasteiger partial charge in [-0.2, -0.15) is 0 Å². The van der Waals surface area contributed by atoms with Crippen LogP contribution in [0, 0.1) is 0 Å². The van der Waals surface area contributed by atoms with Crippen molar-refractivity contribution in [1.82, 2.24) is 19.4 Å². The van der Waals surface area contributed by atoms with E-state index in [9.17, 15) is 4.79 Å². The zero-order valence-electron chi connectivity index (χ0n) is 20.4. The van der Waals surface area contributed by atoms with Gasteiger partial charge < -0.3 is 16.0 Å². The molecule has 1 amide bonds. The summed E-state index contributed by atoms with van der Waals surface area (Å²) in [5, 5.41) is 2.94. The molecule has 3 N–H and O–H groups in total. The first-order valence-electron chi connectivity index (χ1n) is 12.9. The quantitative estimate of drug-likeness (QED) is 0.402. The van der Waals surface area contributed by atoms with Crippen LogP contribution in [0.4, 0.5) is 17.3 Å². The first-order valence-corrected chi connectivity index (χ1v) is 12.9. The molecule has 184 valence electrons. The molecule has 0 radical (unpaired) electrons. The van der Waals surface area contributed by atoms with Crippen LogP contribution >= 0.6 is 0 Å². The summed E-state index contributed by atoms with van der Waals surface area (Å²) in [5.74, 6) is 2.32. The number of benzene rings is 1. The molecule has 3 aromatic heterocycles. The summed E-state index contributed by atoms with van der Waals surface area (Å²) in [6.07, 6.45) is 13.9. The maximum Gasteiger partial charge on any atom is 0.256 e.